The molecule has 0 saturated carbocycles. The molecule has 0 aromatic heterocycles. The molecule has 3 rings (SSSR count). The van der Waals surface area contributed by atoms with Crippen LogP contribution in [0.25, 0.3) is 0 Å². The van der Waals surface area contributed by atoms with E-state index in [2.05, 4.69) is 0 Å². The quantitative estimate of drug-likeness (QED) is 0.311. The Morgan fingerprint density at radius 2 is 1.17 bits per heavy atom. The number of alkyl halides is 3. The molecule has 0 aliphatic rings. The summed E-state index contributed by atoms with van der Waals surface area (Å²) in [5.41, 5.74) is 0. The minimum atomic E-state index is -4.67. The van der Waals surface area contributed by atoms with Gasteiger partial charge in [-0.3, -0.25) is 0 Å². The maximum atomic E-state index is 13.7. The number of carbonyl (C=O) groups excluding carboxylic acids is 1. The number of halogens is 3. The summed E-state index contributed by atoms with van der Waals surface area (Å²) in [7, 11) is 0. The molecular weight excluding hydrogens is 450 g/mol. The number of esters is 1. The van der Waals surface area contributed by atoms with Gasteiger partial charge in [0.2, 0.25) is 0 Å². The molecule has 30 heavy (non-hydrogen) atoms. The van der Waals surface area contributed by atoms with E-state index in [4.69, 9.17) is 4.74 Å². The van der Waals surface area contributed by atoms with Gasteiger partial charge in [-0.2, -0.15) is 0 Å². The minimum absolute atomic E-state index is 0.00921. The Kier molecular flexibility index (Phi) is 6.82. The van der Waals surface area contributed by atoms with Crippen molar-refractivity contribution in [3.63, 3.8) is 0 Å². The molecule has 0 unspecified atom stereocenters. The van der Waals surface area contributed by atoms with Crippen molar-refractivity contribution >= 4 is 32.4 Å². The van der Waals surface area contributed by atoms with E-state index in [0.717, 1.165) is 13.2 Å². The molecule has 0 amide bonds. The second-order valence-corrected chi connectivity index (χ2v) is 14.6. The Bertz CT molecular complexity index is 904. The Morgan fingerprint density at radius 1 is 0.800 bits per heavy atom. The summed E-state index contributed by atoms with van der Waals surface area (Å²) in [6, 6.07) is 27.0. The number of benzene rings is 3. The monoisotopic (exact) mass is 472 g/mol. The van der Waals surface area contributed by atoms with Crippen LogP contribution in [0.2, 0.25) is 0 Å². The van der Waals surface area contributed by atoms with Crippen LogP contribution in [0.5, 0.6) is 0 Å². The van der Waals surface area contributed by atoms with E-state index in [9.17, 15) is 18.0 Å². The van der Waals surface area contributed by atoms with Crippen LogP contribution in [-0.2, 0) is 9.53 Å². The molecule has 0 fully saturated rings. The predicted octanol–water partition coefficient (Wildman–Crippen LogP) is 3.75. The molecule has 154 valence electrons. The van der Waals surface area contributed by atoms with Gasteiger partial charge in [-0.05, 0) is 0 Å². The molecule has 0 aliphatic carbocycles. The van der Waals surface area contributed by atoms with Gasteiger partial charge in [0, 0.05) is 0 Å². The summed E-state index contributed by atoms with van der Waals surface area (Å²) in [6.07, 6.45) is -4.52. The number of allylic oxidation sites excluding steroid dienone is 1. The molecule has 6 heteroatoms. The van der Waals surface area contributed by atoms with Crippen molar-refractivity contribution in [3.8, 4) is 0 Å². The zero-order chi connectivity index (χ0) is 21.6. The normalized spacial score (nSPS) is 12.5. The van der Waals surface area contributed by atoms with Gasteiger partial charge in [0.25, 0.3) is 0 Å². The van der Waals surface area contributed by atoms with Crippen LogP contribution in [0.3, 0.4) is 0 Å². The molecule has 0 atom stereocenters. The Hall–Kier alpha value is -2.80. The van der Waals surface area contributed by atoms with Crippen molar-refractivity contribution in [2.24, 2.45) is 0 Å². The van der Waals surface area contributed by atoms with E-state index in [1.54, 1.807) is 43.3 Å². The first-order chi connectivity index (χ1) is 14.4. The molecule has 0 spiro atoms. The third-order valence-electron chi connectivity index (χ3n) is 4.83. The molecule has 0 N–H and O–H groups in total. The Labute approximate surface area is 176 Å². The van der Waals surface area contributed by atoms with Crippen LogP contribution >= 0.6 is 0 Å². The van der Waals surface area contributed by atoms with E-state index in [1.165, 1.54) is 0 Å². The standard InChI is InChI=1S/C24H21F3GeO2/c1-2-30-23(29)22(18-24(25,26)27)28(19-12-6-3-7-13-19,20-14-8-4-9-15-20)21-16-10-5-11-17-21/h3-18H,2H2,1H3/b22-18-. The van der Waals surface area contributed by atoms with Crippen LogP contribution in [0.15, 0.2) is 101 Å². The molecule has 0 saturated heterocycles. The van der Waals surface area contributed by atoms with Gasteiger partial charge >= 0.3 is 176 Å². The van der Waals surface area contributed by atoms with Crippen LogP contribution < -0.4 is 13.2 Å². The number of hydrogen-bond donors (Lipinski definition) is 0. The van der Waals surface area contributed by atoms with Crippen LogP contribution in [0, 0.1) is 0 Å². The molecule has 0 heterocycles. The molecule has 2 nitrogen and oxygen atoms in total. The van der Waals surface area contributed by atoms with Crippen molar-refractivity contribution in [1.29, 1.82) is 0 Å². The van der Waals surface area contributed by atoms with E-state index < -0.39 is 25.4 Å². The average Bonchev–Trinajstić information content (AvgIpc) is 2.75. The Morgan fingerprint density at radius 3 is 1.47 bits per heavy atom. The van der Waals surface area contributed by atoms with Gasteiger partial charge in [-0.25, -0.2) is 0 Å². The first kappa shape index (κ1) is 21.9. The zero-order valence-corrected chi connectivity index (χ0v) is 18.5. The molecule has 0 radical (unpaired) electrons. The van der Waals surface area contributed by atoms with Crippen molar-refractivity contribution in [3.05, 3.63) is 101 Å². The first-order valence-corrected chi connectivity index (χ1v) is 13.7. The van der Waals surface area contributed by atoms with Crippen molar-refractivity contribution in [2.75, 3.05) is 6.61 Å². The van der Waals surface area contributed by atoms with Gasteiger partial charge < -0.3 is 0 Å². The van der Waals surface area contributed by atoms with Crippen molar-refractivity contribution in [2.45, 2.75) is 13.1 Å². The van der Waals surface area contributed by atoms with Gasteiger partial charge in [0.1, 0.15) is 0 Å². The molecule has 3 aromatic rings. The fraction of sp³-hybridized carbons (Fsp3) is 0.125. The number of rotatable bonds is 6. The predicted molar refractivity (Wildman–Crippen MR) is 115 cm³/mol. The average molecular weight is 471 g/mol. The summed E-state index contributed by atoms with van der Waals surface area (Å²) < 4.78 is 48.2. The van der Waals surface area contributed by atoms with Crippen LogP contribution in [0.4, 0.5) is 13.2 Å². The molecule has 3 aromatic carbocycles. The molecule has 0 aliphatic heterocycles. The summed E-state index contributed by atoms with van der Waals surface area (Å²) in [6.45, 7) is 1.58. The SMILES string of the molecule is CCOC(=O)/[C](=C/C(F)(F)F)[Ge]([c]1ccccc1)([c]1ccccc1)[c]1ccccc1. The number of carbonyl (C=O) groups is 1. The Balaban J connectivity index is 2.49. The second-order valence-electron chi connectivity index (χ2n) is 6.67. The fourth-order valence-corrected chi connectivity index (χ4v) is 13.7. The third kappa shape index (κ3) is 4.51. The van der Waals surface area contributed by atoms with Gasteiger partial charge in [0.05, 0.1) is 0 Å². The van der Waals surface area contributed by atoms with Gasteiger partial charge in [-0.1, -0.05) is 0 Å². The summed E-state index contributed by atoms with van der Waals surface area (Å²) in [5.74, 6) is -0.925. The number of hydrogen-bond acceptors (Lipinski definition) is 2. The van der Waals surface area contributed by atoms with E-state index in [-0.39, 0.29) is 17.1 Å². The van der Waals surface area contributed by atoms with Gasteiger partial charge in [-0.15, -0.1) is 0 Å². The van der Waals surface area contributed by atoms with Gasteiger partial charge in [0.15, 0.2) is 0 Å². The molecular formula is C24H21F3GeO2. The number of ether oxygens (including phenoxy) is 1. The topological polar surface area (TPSA) is 26.3 Å². The summed E-state index contributed by atoms with van der Waals surface area (Å²) >= 11 is -4.33. The van der Waals surface area contributed by atoms with Crippen LogP contribution in [0.1, 0.15) is 6.92 Å². The van der Waals surface area contributed by atoms with E-state index in [0.29, 0.717) is 0 Å². The summed E-state index contributed by atoms with van der Waals surface area (Å²) in [5, 5.41) is 0. The van der Waals surface area contributed by atoms with Crippen molar-refractivity contribution in [1.82, 2.24) is 0 Å². The maximum absolute atomic E-state index is 13.7. The van der Waals surface area contributed by atoms with Crippen molar-refractivity contribution < 1.29 is 22.7 Å². The molecule has 0 bridgehead atoms. The fourth-order valence-electron chi connectivity index (χ4n) is 3.72. The first-order valence-electron chi connectivity index (χ1n) is 9.53. The third-order valence-corrected chi connectivity index (χ3v) is 14.8. The second kappa shape index (κ2) is 9.34. The van der Waals surface area contributed by atoms with E-state index >= 15 is 0 Å². The zero-order valence-electron chi connectivity index (χ0n) is 16.4. The summed E-state index contributed by atoms with van der Waals surface area (Å²) in [4.78, 5) is 13.0. The van der Waals surface area contributed by atoms with E-state index in [1.807, 2.05) is 54.6 Å². The van der Waals surface area contributed by atoms with Crippen LogP contribution in [-0.4, -0.2) is 32.0 Å².